The van der Waals surface area contributed by atoms with Crippen LogP contribution < -0.4 is 4.90 Å². The zero-order valence-corrected chi connectivity index (χ0v) is 33.3. The molecule has 0 aliphatic heterocycles. The first kappa shape index (κ1) is 34.4. The lowest BCUT2D eigenvalue weighted by molar-refractivity contribution is 0.771. The number of nitrogens with zero attached hydrogens (tertiary/aromatic N) is 2. The van der Waals surface area contributed by atoms with Gasteiger partial charge in [0.1, 0.15) is 0 Å². The van der Waals surface area contributed by atoms with E-state index >= 15 is 0 Å². The molecule has 1 atom stereocenters. The molecule has 0 bridgehead atoms. The summed E-state index contributed by atoms with van der Waals surface area (Å²) < 4.78 is 2.41. The van der Waals surface area contributed by atoms with Crippen LogP contribution in [0.2, 0.25) is 0 Å². The van der Waals surface area contributed by atoms with E-state index in [1.54, 1.807) is 0 Å². The molecule has 11 aromatic rings. The molecular weight excluding hydrogens is 725 g/mol. The minimum absolute atomic E-state index is 0.575. The molecule has 0 saturated heterocycles. The number of fused-ring (bicyclic) bond motifs is 3. The van der Waals surface area contributed by atoms with Gasteiger partial charge in [0, 0.05) is 33.5 Å². The van der Waals surface area contributed by atoms with Gasteiger partial charge in [0.25, 0.3) is 0 Å². The smallest absolute Gasteiger partial charge is 0.0714 e. The predicted molar refractivity (Wildman–Crippen MR) is 253 cm³/mol. The average molecular weight is 765 g/mol. The maximum Gasteiger partial charge on any atom is 0.0714 e. The molecule has 10 aromatic carbocycles. The van der Waals surface area contributed by atoms with E-state index in [1.165, 1.54) is 82.3 Å². The Bertz CT molecular complexity index is 3350. The number of hydrogen-bond donors (Lipinski definition) is 0. The number of anilines is 3. The Hall–Kier alpha value is -7.68. The van der Waals surface area contributed by atoms with Crippen molar-refractivity contribution in [2.45, 2.75) is 12.3 Å². The fraction of sp³-hybridized carbons (Fsp3) is 0.0345. The first-order valence-corrected chi connectivity index (χ1v) is 20.8. The van der Waals surface area contributed by atoms with Gasteiger partial charge >= 0.3 is 0 Å². The highest BCUT2D eigenvalue weighted by atomic mass is 15.1. The Morgan fingerprint density at radius 2 is 0.933 bits per heavy atom. The molecule has 0 saturated carbocycles. The first-order valence-electron chi connectivity index (χ1n) is 20.8. The van der Waals surface area contributed by atoms with Crippen molar-refractivity contribution < 1.29 is 0 Å². The van der Waals surface area contributed by atoms with Crippen LogP contribution in [0.1, 0.15) is 27.8 Å². The lowest BCUT2D eigenvalue weighted by Crippen LogP contribution is -2.29. The molecule has 282 valence electrons. The highest BCUT2D eigenvalue weighted by Gasteiger charge is 2.45. The highest BCUT2D eigenvalue weighted by Crippen LogP contribution is 2.57. The molecule has 1 heterocycles. The summed E-state index contributed by atoms with van der Waals surface area (Å²) in [7, 11) is 0. The highest BCUT2D eigenvalue weighted by molar-refractivity contribution is 6.17. The fourth-order valence-corrected chi connectivity index (χ4v) is 10.2. The molecule has 0 amide bonds. The van der Waals surface area contributed by atoms with Crippen molar-refractivity contribution in [1.29, 1.82) is 0 Å². The van der Waals surface area contributed by atoms with Gasteiger partial charge in [-0.05, 0) is 123 Å². The van der Waals surface area contributed by atoms with Crippen LogP contribution in [0.4, 0.5) is 17.1 Å². The lowest BCUT2D eigenvalue weighted by Gasteiger charge is -2.35. The SMILES string of the molecule is Cc1ccc(N(c2ccc(-c3ccccc3)cc2)c2cc3c4c(ccc5cccc(c54)C3(c3ccccc3)c3ccc(-n4c5ccccc5c5ccccc54)cc3)c2)cc1. The van der Waals surface area contributed by atoms with Gasteiger partial charge in [0.05, 0.1) is 16.4 Å². The summed E-state index contributed by atoms with van der Waals surface area (Å²) in [5.74, 6) is 0. The number of aryl methyl sites for hydroxylation is 1. The Morgan fingerprint density at radius 1 is 0.383 bits per heavy atom. The second-order valence-electron chi connectivity index (χ2n) is 16.2. The van der Waals surface area contributed by atoms with Crippen LogP contribution in [-0.4, -0.2) is 4.57 Å². The fourth-order valence-electron chi connectivity index (χ4n) is 10.2. The number of rotatable bonds is 7. The van der Waals surface area contributed by atoms with Crippen molar-refractivity contribution >= 4 is 60.4 Å². The van der Waals surface area contributed by atoms with E-state index in [0.717, 1.165) is 22.7 Å². The van der Waals surface area contributed by atoms with Gasteiger partial charge in [-0.15, -0.1) is 0 Å². The van der Waals surface area contributed by atoms with Gasteiger partial charge in [-0.2, -0.15) is 0 Å². The van der Waals surface area contributed by atoms with Gasteiger partial charge in [-0.25, -0.2) is 0 Å². The molecule has 0 fully saturated rings. The van der Waals surface area contributed by atoms with Crippen LogP contribution in [-0.2, 0) is 5.41 Å². The number of para-hydroxylation sites is 2. The number of benzene rings is 10. The quantitative estimate of drug-likeness (QED) is 0.147. The molecule has 0 spiro atoms. The van der Waals surface area contributed by atoms with Crippen LogP contribution in [0, 0.1) is 6.92 Å². The van der Waals surface area contributed by atoms with E-state index in [9.17, 15) is 0 Å². The summed E-state index contributed by atoms with van der Waals surface area (Å²) >= 11 is 0. The maximum absolute atomic E-state index is 2.49. The van der Waals surface area contributed by atoms with Gasteiger partial charge in [-0.1, -0.05) is 169 Å². The molecule has 0 N–H and O–H groups in total. The largest absolute Gasteiger partial charge is 0.310 e. The zero-order chi connectivity index (χ0) is 39.8. The van der Waals surface area contributed by atoms with E-state index in [1.807, 2.05) is 0 Å². The zero-order valence-electron chi connectivity index (χ0n) is 33.3. The van der Waals surface area contributed by atoms with E-state index in [-0.39, 0.29) is 0 Å². The second-order valence-corrected chi connectivity index (χ2v) is 16.2. The Balaban J connectivity index is 1.11. The van der Waals surface area contributed by atoms with Crippen molar-refractivity contribution in [2.75, 3.05) is 4.90 Å². The van der Waals surface area contributed by atoms with Gasteiger partial charge in [0.15, 0.2) is 0 Å². The predicted octanol–water partition coefficient (Wildman–Crippen LogP) is 15.2. The van der Waals surface area contributed by atoms with Crippen LogP contribution in [0.5, 0.6) is 0 Å². The summed E-state index contributed by atoms with van der Waals surface area (Å²) in [5, 5.41) is 7.69. The average Bonchev–Trinajstić information content (AvgIpc) is 3.81. The van der Waals surface area contributed by atoms with Crippen LogP contribution in [0.15, 0.2) is 224 Å². The summed E-state index contributed by atoms with van der Waals surface area (Å²) in [6.45, 7) is 2.16. The standard InChI is InChI=1S/C58H40N2/c1-39-23-31-46(32-24-39)59(47-33-27-41(28-34-47)40-13-4-2-5-14-40)49-37-43-26-25-42-15-12-20-52-56(42)57(43)53(38-49)58(52,44-16-6-3-7-17-44)45-29-35-48(36-30-45)60-54-21-10-8-18-50(54)51-19-9-11-22-55(51)60/h2-38H,1H3. The Kier molecular flexibility index (Phi) is 7.70. The maximum atomic E-state index is 2.49. The van der Waals surface area contributed by atoms with E-state index in [4.69, 9.17) is 0 Å². The molecule has 1 aliphatic carbocycles. The van der Waals surface area contributed by atoms with E-state index in [0.29, 0.717) is 0 Å². The molecule has 2 heteroatoms. The van der Waals surface area contributed by atoms with Crippen molar-refractivity contribution in [1.82, 2.24) is 4.57 Å². The summed E-state index contributed by atoms with van der Waals surface area (Å²) in [6.07, 6.45) is 0. The van der Waals surface area contributed by atoms with Gasteiger partial charge in [0.2, 0.25) is 0 Å². The topological polar surface area (TPSA) is 8.17 Å². The minimum atomic E-state index is -0.575. The normalized spacial score (nSPS) is 14.5. The van der Waals surface area contributed by atoms with Crippen molar-refractivity contribution in [2.24, 2.45) is 0 Å². The van der Waals surface area contributed by atoms with Gasteiger partial charge in [-0.3, -0.25) is 0 Å². The summed E-state index contributed by atoms with van der Waals surface area (Å²) in [5.41, 5.74) is 15.1. The van der Waals surface area contributed by atoms with Crippen LogP contribution >= 0.6 is 0 Å². The molecule has 1 unspecified atom stereocenters. The molecular formula is C58H40N2. The lowest BCUT2D eigenvalue weighted by atomic mass is 9.67. The summed E-state index contributed by atoms with van der Waals surface area (Å²) in [6, 6.07) is 83.1. The third-order valence-corrected chi connectivity index (χ3v) is 12.9. The minimum Gasteiger partial charge on any atom is -0.310 e. The third kappa shape index (κ3) is 5.07. The Morgan fingerprint density at radius 3 is 1.62 bits per heavy atom. The Labute approximate surface area is 349 Å². The molecule has 0 radical (unpaired) electrons. The van der Waals surface area contributed by atoms with E-state index < -0.39 is 5.41 Å². The number of aromatic nitrogens is 1. The molecule has 60 heavy (non-hydrogen) atoms. The van der Waals surface area contributed by atoms with Crippen LogP contribution in [0.3, 0.4) is 0 Å². The second kappa shape index (κ2) is 13.4. The van der Waals surface area contributed by atoms with Crippen LogP contribution in [0.25, 0.3) is 60.2 Å². The molecule has 1 aliphatic rings. The molecule has 2 nitrogen and oxygen atoms in total. The third-order valence-electron chi connectivity index (χ3n) is 12.9. The van der Waals surface area contributed by atoms with Crippen molar-refractivity contribution in [3.8, 4) is 16.8 Å². The van der Waals surface area contributed by atoms with Crippen molar-refractivity contribution in [3.63, 3.8) is 0 Å². The molecule has 1 aromatic heterocycles. The van der Waals surface area contributed by atoms with Gasteiger partial charge < -0.3 is 9.47 Å². The van der Waals surface area contributed by atoms with Crippen molar-refractivity contribution in [3.05, 3.63) is 252 Å². The molecule has 12 rings (SSSR count). The van der Waals surface area contributed by atoms with E-state index in [2.05, 4.69) is 241 Å². The number of hydrogen-bond acceptors (Lipinski definition) is 1. The summed E-state index contributed by atoms with van der Waals surface area (Å²) in [4.78, 5) is 2.43. The monoisotopic (exact) mass is 764 g/mol. The first-order chi connectivity index (χ1) is 29.7.